The van der Waals surface area contributed by atoms with Gasteiger partial charge in [-0.25, -0.2) is 14.2 Å². The van der Waals surface area contributed by atoms with Crippen molar-refractivity contribution in [1.29, 1.82) is 0 Å². The van der Waals surface area contributed by atoms with Crippen LogP contribution in [0.15, 0.2) is 30.6 Å². The number of aromatic nitrogens is 2. The zero-order valence-electron chi connectivity index (χ0n) is 13.2. The molecule has 6 nitrogen and oxygen atoms in total. The minimum Gasteiger partial charge on any atom is -0.370 e. The third-order valence-electron chi connectivity index (χ3n) is 3.99. The Labute approximate surface area is 144 Å². The van der Waals surface area contributed by atoms with Gasteiger partial charge < -0.3 is 19.5 Å². The van der Waals surface area contributed by atoms with Crippen LogP contribution in [0.4, 0.5) is 9.18 Å². The highest BCUT2D eigenvalue weighted by molar-refractivity contribution is 6.30. The molecule has 1 atom stereocenters. The monoisotopic (exact) mass is 352 g/mol. The predicted molar refractivity (Wildman–Crippen MR) is 87.1 cm³/mol. The second-order valence-electron chi connectivity index (χ2n) is 5.59. The first-order valence-electron chi connectivity index (χ1n) is 7.60. The fourth-order valence-electron chi connectivity index (χ4n) is 2.58. The lowest BCUT2D eigenvalue weighted by Gasteiger charge is -2.33. The highest BCUT2D eigenvalue weighted by Crippen LogP contribution is 2.26. The molecule has 1 fully saturated rings. The van der Waals surface area contributed by atoms with E-state index in [0.29, 0.717) is 26.2 Å². The molecule has 1 aliphatic rings. The van der Waals surface area contributed by atoms with Gasteiger partial charge in [-0.05, 0) is 17.7 Å². The second kappa shape index (κ2) is 7.19. The van der Waals surface area contributed by atoms with Gasteiger partial charge >= 0.3 is 6.03 Å². The number of hydrogen-bond acceptors (Lipinski definition) is 3. The van der Waals surface area contributed by atoms with E-state index in [2.05, 4.69) is 10.3 Å². The third-order valence-corrected chi connectivity index (χ3v) is 4.28. The number of aryl methyl sites for hydroxylation is 1. The molecule has 0 unspecified atom stereocenters. The second-order valence-corrected chi connectivity index (χ2v) is 6.00. The minimum atomic E-state index is -0.471. The average Bonchev–Trinajstić information content (AvgIpc) is 3.00. The van der Waals surface area contributed by atoms with Crippen LogP contribution < -0.4 is 5.32 Å². The summed E-state index contributed by atoms with van der Waals surface area (Å²) in [6, 6.07) is 4.29. The summed E-state index contributed by atoms with van der Waals surface area (Å²) < 4.78 is 20.8. The Bertz CT molecular complexity index is 737. The molecule has 0 spiro atoms. The number of ether oxygens (including phenoxy) is 1. The Morgan fingerprint density at radius 1 is 1.54 bits per heavy atom. The van der Waals surface area contributed by atoms with Crippen molar-refractivity contribution in [3.05, 3.63) is 52.8 Å². The summed E-state index contributed by atoms with van der Waals surface area (Å²) in [5.41, 5.74) is 0.753. The van der Waals surface area contributed by atoms with Crippen LogP contribution >= 0.6 is 11.6 Å². The smallest absolute Gasteiger partial charge is 0.317 e. The molecular weight excluding hydrogens is 335 g/mol. The SMILES string of the molecule is Cn1ccnc1CNC(=O)N1CCO[C@@H](c2ccc(F)c(Cl)c2)C1. The predicted octanol–water partition coefficient (Wildman–Crippen LogP) is 2.50. The van der Waals surface area contributed by atoms with E-state index >= 15 is 0 Å². The van der Waals surface area contributed by atoms with Gasteiger partial charge in [0.25, 0.3) is 0 Å². The molecule has 128 valence electrons. The molecule has 2 heterocycles. The quantitative estimate of drug-likeness (QED) is 0.923. The number of carbonyl (C=O) groups is 1. The molecule has 1 saturated heterocycles. The number of halogens is 2. The van der Waals surface area contributed by atoms with Crippen LogP contribution in [0.1, 0.15) is 17.5 Å². The molecule has 8 heteroatoms. The van der Waals surface area contributed by atoms with Gasteiger partial charge in [-0.1, -0.05) is 17.7 Å². The Balaban J connectivity index is 1.61. The van der Waals surface area contributed by atoms with Crippen molar-refractivity contribution < 1.29 is 13.9 Å². The summed E-state index contributed by atoms with van der Waals surface area (Å²) in [5, 5.41) is 2.90. The number of nitrogens with one attached hydrogen (secondary N) is 1. The highest BCUT2D eigenvalue weighted by atomic mass is 35.5. The first-order chi connectivity index (χ1) is 11.5. The van der Waals surface area contributed by atoms with E-state index in [4.69, 9.17) is 16.3 Å². The van der Waals surface area contributed by atoms with E-state index in [9.17, 15) is 9.18 Å². The first-order valence-corrected chi connectivity index (χ1v) is 7.98. The van der Waals surface area contributed by atoms with Crippen LogP contribution in [0, 0.1) is 5.82 Å². The maximum Gasteiger partial charge on any atom is 0.317 e. The first kappa shape index (κ1) is 16.7. The van der Waals surface area contributed by atoms with Crippen molar-refractivity contribution in [2.24, 2.45) is 7.05 Å². The van der Waals surface area contributed by atoms with E-state index in [0.717, 1.165) is 11.4 Å². The van der Waals surface area contributed by atoms with E-state index in [1.54, 1.807) is 17.2 Å². The van der Waals surface area contributed by atoms with Crippen molar-refractivity contribution in [2.45, 2.75) is 12.6 Å². The lowest BCUT2D eigenvalue weighted by molar-refractivity contribution is -0.0155. The number of benzene rings is 1. The maximum atomic E-state index is 13.3. The Morgan fingerprint density at radius 3 is 3.08 bits per heavy atom. The summed E-state index contributed by atoms with van der Waals surface area (Å²) in [7, 11) is 1.87. The van der Waals surface area contributed by atoms with Gasteiger partial charge in [0.05, 0.1) is 24.7 Å². The number of rotatable bonds is 3. The van der Waals surface area contributed by atoms with Gasteiger partial charge in [0, 0.05) is 26.0 Å². The summed E-state index contributed by atoms with van der Waals surface area (Å²) in [6.07, 6.45) is 3.19. The zero-order chi connectivity index (χ0) is 17.1. The molecule has 24 heavy (non-hydrogen) atoms. The van der Waals surface area contributed by atoms with E-state index in [1.165, 1.54) is 12.1 Å². The molecule has 1 aromatic carbocycles. The van der Waals surface area contributed by atoms with Crippen molar-refractivity contribution >= 4 is 17.6 Å². The lowest BCUT2D eigenvalue weighted by atomic mass is 10.1. The van der Waals surface area contributed by atoms with Gasteiger partial charge in [-0.3, -0.25) is 0 Å². The van der Waals surface area contributed by atoms with E-state index < -0.39 is 5.82 Å². The summed E-state index contributed by atoms with van der Waals surface area (Å²) >= 11 is 5.82. The van der Waals surface area contributed by atoms with Crippen LogP contribution in [-0.4, -0.2) is 40.2 Å². The van der Waals surface area contributed by atoms with E-state index in [1.807, 2.05) is 17.8 Å². The van der Waals surface area contributed by atoms with Gasteiger partial charge in [0.2, 0.25) is 0 Å². The number of hydrogen-bond donors (Lipinski definition) is 1. The molecule has 1 aromatic heterocycles. The number of nitrogens with zero attached hydrogens (tertiary/aromatic N) is 3. The summed E-state index contributed by atoms with van der Waals surface area (Å²) in [5.74, 6) is 0.305. The molecule has 2 aromatic rings. The average molecular weight is 353 g/mol. The van der Waals surface area contributed by atoms with Crippen LogP contribution in [0.25, 0.3) is 0 Å². The van der Waals surface area contributed by atoms with Gasteiger partial charge in [-0.15, -0.1) is 0 Å². The molecule has 0 radical (unpaired) electrons. The summed E-state index contributed by atoms with van der Waals surface area (Å²) in [4.78, 5) is 18.2. The third kappa shape index (κ3) is 3.68. The van der Waals surface area contributed by atoms with Crippen LogP contribution in [0.5, 0.6) is 0 Å². The number of morpholine rings is 1. The van der Waals surface area contributed by atoms with Gasteiger partial charge in [0.1, 0.15) is 17.7 Å². The fraction of sp³-hybridized carbons (Fsp3) is 0.375. The van der Waals surface area contributed by atoms with Crippen LogP contribution in [0.3, 0.4) is 0 Å². The van der Waals surface area contributed by atoms with Crippen molar-refractivity contribution in [3.8, 4) is 0 Å². The molecule has 3 rings (SSSR count). The Hall–Kier alpha value is -2.12. The molecule has 1 N–H and O–H groups in total. The van der Waals surface area contributed by atoms with Crippen LogP contribution in [-0.2, 0) is 18.3 Å². The lowest BCUT2D eigenvalue weighted by Crippen LogP contribution is -2.47. The molecule has 0 aliphatic carbocycles. The molecular formula is C16H18ClFN4O2. The zero-order valence-corrected chi connectivity index (χ0v) is 14.0. The topological polar surface area (TPSA) is 59.4 Å². The Kier molecular flexibility index (Phi) is 5.01. The number of carbonyl (C=O) groups excluding carboxylic acids is 1. The largest absolute Gasteiger partial charge is 0.370 e. The number of amides is 2. The Morgan fingerprint density at radius 2 is 2.38 bits per heavy atom. The molecule has 2 amide bonds. The molecule has 1 aliphatic heterocycles. The minimum absolute atomic E-state index is 0.0486. The summed E-state index contributed by atoms with van der Waals surface area (Å²) in [6.45, 7) is 1.65. The van der Waals surface area contributed by atoms with Crippen LogP contribution in [0.2, 0.25) is 5.02 Å². The van der Waals surface area contributed by atoms with Crippen molar-refractivity contribution in [2.75, 3.05) is 19.7 Å². The standard InChI is InChI=1S/C16H18ClFN4O2/c1-21-5-4-19-15(21)9-20-16(23)22-6-7-24-14(10-22)11-2-3-13(18)12(17)8-11/h2-5,8,14H,6-7,9-10H2,1H3,(H,20,23)/t14-/m1/s1. The van der Waals surface area contributed by atoms with E-state index in [-0.39, 0.29) is 17.2 Å². The normalized spacial score (nSPS) is 17.8. The number of imidazole rings is 1. The fourth-order valence-corrected chi connectivity index (χ4v) is 2.77. The van der Waals surface area contributed by atoms with Crippen molar-refractivity contribution in [1.82, 2.24) is 19.8 Å². The van der Waals surface area contributed by atoms with Gasteiger partial charge in [-0.2, -0.15) is 0 Å². The molecule has 0 bridgehead atoms. The maximum absolute atomic E-state index is 13.3. The highest BCUT2D eigenvalue weighted by Gasteiger charge is 2.26. The van der Waals surface area contributed by atoms with Gasteiger partial charge in [0.15, 0.2) is 0 Å². The van der Waals surface area contributed by atoms with Crippen molar-refractivity contribution in [3.63, 3.8) is 0 Å². The number of urea groups is 1. The molecule has 0 saturated carbocycles.